The fraction of sp³-hybridized carbons (Fsp3) is 0.200. The number of thiophene rings is 1. The Morgan fingerprint density at radius 2 is 1.90 bits per heavy atom. The fourth-order valence-electron chi connectivity index (χ4n) is 1.80. The topological polar surface area (TPSA) is 55.4 Å². The van der Waals surface area contributed by atoms with Crippen molar-refractivity contribution in [3.05, 3.63) is 49.6 Å². The normalized spacial score (nSPS) is 10.3. The number of ether oxygens (including phenoxy) is 1. The molecule has 2 aromatic rings. The van der Waals surface area contributed by atoms with Gasteiger partial charge in [-0.05, 0) is 65.2 Å². The third-order valence-electron chi connectivity index (χ3n) is 2.98. The Labute approximate surface area is 135 Å². The minimum absolute atomic E-state index is 0.164. The molecule has 0 saturated carbocycles. The number of amides is 1. The van der Waals surface area contributed by atoms with E-state index in [-0.39, 0.29) is 5.91 Å². The molecule has 21 heavy (non-hydrogen) atoms. The molecular formula is C15H14BrNO3S. The van der Waals surface area contributed by atoms with Crippen molar-refractivity contribution in [2.75, 3.05) is 12.4 Å². The van der Waals surface area contributed by atoms with Gasteiger partial charge in [0.2, 0.25) is 0 Å². The largest absolute Gasteiger partial charge is 0.465 e. The van der Waals surface area contributed by atoms with Crippen molar-refractivity contribution < 1.29 is 14.3 Å². The highest BCUT2D eigenvalue weighted by atomic mass is 79.9. The lowest BCUT2D eigenvalue weighted by molar-refractivity contribution is 0.0600. The van der Waals surface area contributed by atoms with Crippen LogP contribution in [0.1, 0.15) is 31.2 Å². The van der Waals surface area contributed by atoms with Crippen molar-refractivity contribution >= 4 is 44.8 Å². The zero-order valence-electron chi connectivity index (χ0n) is 11.8. The molecule has 0 bridgehead atoms. The summed E-state index contributed by atoms with van der Waals surface area (Å²) in [6.45, 7) is 3.77. The summed E-state index contributed by atoms with van der Waals surface area (Å²) in [5.74, 6) is -0.559. The lowest BCUT2D eigenvalue weighted by Gasteiger charge is -2.08. The van der Waals surface area contributed by atoms with E-state index in [1.165, 1.54) is 18.4 Å². The zero-order chi connectivity index (χ0) is 15.6. The molecule has 0 fully saturated rings. The number of hydrogen-bond acceptors (Lipinski definition) is 4. The first kappa shape index (κ1) is 15.7. The lowest BCUT2D eigenvalue weighted by atomic mass is 10.1. The second kappa shape index (κ2) is 6.41. The number of nitrogens with one attached hydrogen (secondary N) is 1. The van der Waals surface area contributed by atoms with E-state index in [4.69, 9.17) is 0 Å². The summed E-state index contributed by atoms with van der Waals surface area (Å²) in [5.41, 5.74) is 2.97. The maximum absolute atomic E-state index is 12.2. The van der Waals surface area contributed by atoms with Crippen LogP contribution in [-0.2, 0) is 4.74 Å². The first-order valence-corrected chi connectivity index (χ1v) is 7.79. The van der Waals surface area contributed by atoms with Gasteiger partial charge in [-0.25, -0.2) is 4.79 Å². The monoisotopic (exact) mass is 367 g/mol. The summed E-state index contributed by atoms with van der Waals surface area (Å²) in [4.78, 5) is 24.3. The van der Waals surface area contributed by atoms with Gasteiger partial charge in [0, 0.05) is 5.69 Å². The van der Waals surface area contributed by atoms with Crippen LogP contribution in [0.2, 0.25) is 0 Å². The summed E-state index contributed by atoms with van der Waals surface area (Å²) in [7, 11) is 1.34. The number of halogens is 1. The Balaban J connectivity index is 2.20. The van der Waals surface area contributed by atoms with E-state index in [0.29, 0.717) is 16.1 Å². The van der Waals surface area contributed by atoms with E-state index >= 15 is 0 Å². The Morgan fingerprint density at radius 3 is 2.43 bits per heavy atom. The summed E-state index contributed by atoms with van der Waals surface area (Å²) in [6, 6.07) is 6.86. The number of esters is 1. The van der Waals surface area contributed by atoms with Gasteiger partial charge in [-0.15, -0.1) is 11.3 Å². The number of hydrogen-bond donors (Lipinski definition) is 1. The number of carbonyl (C=O) groups is 2. The second-order valence-electron chi connectivity index (χ2n) is 4.54. The summed E-state index contributed by atoms with van der Waals surface area (Å²) < 4.78 is 5.62. The minimum atomic E-state index is -0.395. The van der Waals surface area contributed by atoms with Gasteiger partial charge in [0.25, 0.3) is 5.91 Å². The number of methoxy groups -OCH3 is 1. The number of aryl methyl sites for hydroxylation is 2. The standard InChI is InChI=1S/C15H14BrNO3S/c1-8-6-10(15(19)20-3)4-5-11(8)17-14(18)12-7-9(2)13(16)21-12/h4-7H,1-3H3,(H,17,18). The van der Waals surface area contributed by atoms with E-state index in [2.05, 4.69) is 26.0 Å². The van der Waals surface area contributed by atoms with Crippen LogP contribution in [0.15, 0.2) is 28.1 Å². The van der Waals surface area contributed by atoms with E-state index < -0.39 is 5.97 Å². The molecule has 0 atom stereocenters. The van der Waals surface area contributed by atoms with Crippen molar-refractivity contribution in [1.29, 1.82) is 0 Å². The number of carbonyl (C=O) groups excluding carboxylic acids is 2. The third kappa shape index (κ3) is 3.51. The van der Waals surface area contributed by atoms with E-state index in [1.807, 2.05) is 19.9 Å². The molecule has 1 amide bonds. The van der Waals surface area contributed by atoms with Crippen LogP contribution >= 0.6 is 27.3 Å². The Hall–Kier alpha value is -1.66. The molecule has 1 aromatic carbocycles. The predicted octanol–water partition coefficient (Wildman–Crippen LogP) is 4.17. The van der Waals surface area contributed by atoms with E-state index in [0.717, 1.165) is 14.9 Å². The molecule has 0 radical (unpaired) electrons. The van der Waals surface area contributed by atoms with Gasteiger partial charge in [0.15, 0.2) is 0 Å². The van der Waals surface area contributed by atoms with E-state index in [9.17, 15) is 9.59 Å². The van der Waals surface area contributed by atoms with Crippen molar-refractivity contribution in [3.63, 3.8) is 0 Å². The molecule has 1 N–H and O–H groups in total. The summed E-state index contributed by atoms with van der Waals surface area (Å²) in [6.07, 6.45) is 0. The first-order chi connectivity index (χ1) is 9.92. The van der Waals surface area contributed by atoms with Crippen LogP contribution < -0.4 is 5.32 Å². The van der Waals surface area contributed by atoms with Gasteiger partial charge in [0.05, 0.1) is 21.3 Å². The van der Waals surface area contributed by atoms with Crippen LogP contribution in [-0.4, -0.2) is 19.0 Å². The maximum atomic E-state index is 12.2. The van der Waals surface area contributed by atoms with Gasteiger partial charge in [-0.1, -0.05) is 0 Å². The van der Waals surface area contributed by atoms with Crippen molar-refractivity contribution in [1.82, 2.24) is 0 Å². The molecule has 110 valence electrons. The van der Waals surface area contributed by atoms with Gasteiger partial charge in [-0.2, -0.15) is 0 Å². The van der Waals surface area contributed by atoms with Gasteiger partial charge in [-0.3, -0.25) is 4.79 Å². The van der Waals surface area contributed by atoms with Crippen LogP contribution in [0.3, 0.4) is 0 Å². The van der Waals surface area contributed by atoms with Crippen LogP contribution in [0, 0.1) is 13.8 Å². The molecule has 4 nitrogen and oxygen atoms in total. The molecule has 0 unspecified atom stereocenters. The first-order valence-electron chi connectivity index (χ1n) is 6.18. The number of anilines is 1. The van der Waals surface area contributed by atoms with Crippen LogP contribution in [0.4, 0.5) is 5.69 Å². The van der Waals surface area contributed by atoms with Crippen LogP contribution in [0.5, 0.6) is 0 Å². The summed E-state index contributed by atoms with van der Waals surface area (Å²) >= 11 is 4.79. The Morgan fingerprint density at radius 1 is 1.19 bits per heavy atom. The molecule has 0 saturated heterocycles. The second-order valence-corrected chi connectivity index (χ2v) is 6.91. The molecule has 1 heterocycles. The number of benzene rings is 1. The molecule has 0 aliphatic carbocycles. The summed E-state index contributed by atoms with van der Waals surface area (Å²) in [5, 5.41) is 2.85. The van der Waals surface area contributed by atoms with Crippen molar-refractivity contribution in [2.24, 2.45) is 0 Å². The smallest absolute Gasteiger partial charge is 0.337 e. The SMILES string of the molecule is COC(=O)c1ccc(NC(=O)c2cc(C)c(Br)s2)c(C)c1. The average Bonchev–Trinajstić information content (AvgIpc) is 2.80. The average molecular weight is 368 g/mol. The van der Waals surface area contributed by atoms with Gasteiger partial charge >= 0.3 is 5.97 Å². The third-order valence-corrected chi connectivity index (χ3v) is 5.11. The van der Waals surface area contributed by atoms with Gasteiger partial charge in [0.1, 0.15) is 0 Å². The maximum Gasteiger partial charge on any atom is 0.337 e. The molecule has 6 heteroatoms. The number of rotatable bonds is 3. The molecule has 0 aliphatic rings. The molecule has 2 rings (SSSR count). The Kier molecular flexibility index (Phi) is 4.80. The zero-order valence-corrected chi connectivity index (χ0v) is 14.2. The predicted molar refractivity (Wildman–Crippen MR) is 87.2 cm³/mol. The highest BCUT2D eigenvalue weighted by molar-refractivity contribution is 9.11. The highest BCUT2D eigenvalue weighted by Gasteiger charge is 2.13. The Bertz CT molecular complexity index is 689. The molecule has 0 aliphatic heterocycles. The quantitative estimate of drug-likeness (QED) is 0.828. The van der Waals surface area contributed by atoms with Crippen molar-refractivity contribution in [3.8, 4) is 0 Å². The fourth-order valence-corrected chi connectivity index (χ4v) is 3.23. The van der Waals surface area contributed by atoms with Crippen LogP contribution in [0.25, 0.3) is 0 Å². The van der Waals surface area contributed by atoms with Gasteiger partial charge < -0.3 is 10.1 Å². The van der Waals surface area contributed by atoms with Crippen molar-refractivity contribution in [2.45, 2.75) is 13.8 Å². The molecular weight excluding hydrogens is 354 g/mol. The lowest BCUT2D eigenvalue weighted by Crippen LogP contribution is -2.12. The molecule has 1 aromatic heterocycles. The minimum Gasteiger partial charge on any atom is -0.465 e. The van der Waals surface area contributed by atoms with E-state index in [1.54, 1.807) is 18.2 Å². The molecule has 0 spiro atoms. The highest BCUT2D eigenvalue weighted by Crippen LogP contribution is 2.28.